The average Bonchev–Trinajstić information content (AvgIpc) is 2.46. The lowest BCUT2D eigenvalue weighted by Gasteiger charge is -2.18. The molecule has 1 heterocycles. The molecule has 0 aliphatic carbocycles. The Morgan fingerprint density at radius 3 is 2.56 bits per heavy atom. The van der Waals surface area contributed by atoms with Crippen LogP contribution in [0.1, 0.15) is 10.4 Å². The van der Waals surface area contributed by atoms with Gasteiger partial charge in [0.15, 0.2) is 0 Å². The molecule has 0 aliphatic rings. The highest BCUT2D eigenvalue weighted by Crippen LogP contribution is 2.18. The molecule has 0 fully saturated rings. The summed E-state index contributed by atoms with van der Waals surface area (Å²) in [5, 5.41) is 2.92. The van der Waals surface area contributed by atoms with Crippen LogP contribution in [0.5, 0.6) is 0 Å². The molecule has 0 bridgehead atoms. The summed E-state index contributed by atoms with van der Waals surface area (Å²) in [6.07, 6.45) is 1.66. The Hall–Kier alpha value is -2.36. The van der Waals surface area contributed by atoms with Crippen LogP contribution in [0.25, 0.3) is 0 Å². The maximum Gasteiger partial charge on any atom is 0.261 e. The van der Waals surface area contributed by atoms with Gasteiger partial charge in [0, 0.05) is 26.0 Å². The molecule has 4 nitrogen and oxygen atoms in total. The number of aromatic nitrogens is 1. The van der Waals surface area contributed by atoms with Crippen molar-refractivity contribution in [2.45, 2.75) is 0 Å². The van der Waals surface area contributed by atoms with E-state index < -0.39 is 0 Å². The lowest BCUT2D eigenvalue weighted by atomic mass is 10.2. The van der Waals surface area contributed by atoms with E-state index in [0.29, 0.717) is 11.4 Å². The summed E-state index contributed by atoms with van der Waals surface area (Å²) in [6, 6.07) is 13.0. The van der Waals surface area contributed by atoms with Gasteiger partial charge in [-0.15, -0.1) is 0 Å². The van der Waals surface area contributed by atoms with E-state index in [1.165, 1.54) is 0 Å². The molecular weight excluding hydrogens is 226 g/mol. The van der Waals surface area contributed by atoms with Gasteiger partial charge in [0.2, 0.25) is 0 Å². The van der Waals surface area contributed by atoms with Crippen LogP contribution in [0, 0.1) is 0 Å². The highest BCUT2D eigenvalue weighted by Gasteiger charge is 2.16. The second kappa shape index (κ2) is 5.31. The average molecular weight is 241 g/mol. The molecule has 2 aromatic rings. The minimum atomic E-state index is -0.0846. The van der Waals surface area contributed by atoms with E-state index in [1.54, 1.807) is 37.3 Å². The number of carbonyl (C=O) groups is 1. The first-order chi connectivity index (χ1) is 8.74. The third kappa shape index (κ3) is 2.32. The fraction of sp³-hybridized carbons (Fsp3) is 0.143. The maximum absolute atomic E-state index is 12.4. The van der Waals surface area contributed by atoms with Crippen molar-refractivity contribution >= 4 is 17.4 Å². The lowest BCUT2D eigenvalue weighted by molar-refractivity contribution is 0.0993. The Morgan fingerprint density at radius 1 is 1.17 bits per heavy atom. The zero-order valence-electron chi connectivity index (χ0n) is 10.4. The van der Waals surface area contributed by atoms with Gasteiger partial charge >= 0.3 is 0 Å². The standard InChI is InChI=1S/C14H15N3O/c1-15-13-12(9-6-10-16-13)14(18)17(2)11-7-4-3-5-8-11/h3-10H,1-2H3,(H,15,16). The van der Waals surface area contributed by atoms with E-state index in [0.717, 1.165) is 5.69 Å². The second-order valence-corrected chi connectivity index (χ2v) is 3.85. The van der Waals surface area contributed by atoms with E-state index in [-0.39, 0.29) is 5.91 Å². The number of carbonyl (C=O) groups excluding carboxylic acids is 1. The van der Waals surface area contributed by atoms with Gasteiger partial charge < -0.3 is 10.2 Å². The minimum absolute atomic E-state index is 0.0846. The summed E-state index contributed by atoms with van der Waals surface area (Å²) < 4.78 is 0. The Balaban J connectivity index is 2.32. The molecule has 2 rings (SSSR count). The van der Waals surface area contributed by atoms with Crippen molar-refractivity contribution in [3.05, 3.63) is 54.2 Å². The molecule has 0 saturated heterocycles. The molecule has 0 radical (unpaired) electrons. The smallest absolute Gasteiger partial charge is 0.261 e. The van der Waals surface area contributed by atoms with Crippen LogP contribution in [0.4, 0.5) is 11.5 Å². The van der Waals surface area contributed by atoms with Crippen LogP contribution in [0.3, 0.4) is 0 Å². The number of para-hydroxylation sites is 1. The summed E-state index contributed by atoms with van der Waals surface area (Å²) in [7, 11) is 3.51. The van der Waals surface area contributed by atoms with E-state index in [4.69, 9.17) is 0 Å². The van der Waals surface area contributed by atoms with Gasteiger partial charge in [-0.25, -0.2) is 4.98 Å². The zero-order valence-corrected chi connectivity index (χ0v) is 10.4. The van der Waals surface area contributed by atoms with Crippen LogP contribution < -0.4 is 10.2 Å². The first-order valence-corrected chi connectivity index (χ1v) is 5.70. The molecule has 0 saturated carbocycles. The van der Waals surface area contributed by atoms with Gasteiger partial charge in [-0.3, -0.25) is 4.79 Å². The van der Waals surface area contributed by atoms with Gasteiger partial charge in [0.25, 0.3) is 5.91 Å². The summed E-state index contributed by atoms with van der Waals surface area (Å²) in [5.41, 5.74) is 1.42. The van der Waals surface area contributed by atoms with Crippen molar-refractivity contribution in [2.75, 3.05) is 24.3 Å². The van der Waals surface area contributed by atoms with Crippen LogP contribution in [-0.4, -0.2) is 25.0 Å². The third-order valence-electron chi connectivity index (χ3n) is 2.72. The first kappa shape index (κ1) is 12.1. The van der Waals surface area contributed by atoms with Crippen molar-refractivity contribution in [3.8, 4) is 0 Å². The number of rotatable bonds is 3. The fourth-order valence-electron chi connectivity index (χ4n) is 1.73. The Morgan fingerprint density at radius 2 is 1.89 bits per heavy atom. The molecule has 0 aliphatic heterocycles. The Bertz CT molecular complexity index is 540. The summed E-state index contributed by atoms with van der Waals surface area (Å²) >= 11 is 0. The maximum atomic E-state index is 12.4. The van der Waals surface area contributed by atoms with E-state index in [2.05, 4.69) is 10.3 Å². The normalized spacial score (nSPS) is 9.89. The first-order valence-electron chi connectivity index (χ1n) is 5.70. The van der Waals surface area contributed by atoms with Gasteiger partial charge in [-0.2, -0.15) is 0 Å². The molecular formula is C14H15N3O. The quantitative estimate of drug-likeness (QED) is 0.897. The molecule has 0 unspecified atom stereocenters. The highest BCUT2D eigenvalue weighted by atomic mass is 16.2. The monoisotopic (exact) mass is 241 g/mol. The summed E-state index contributed by atoms with van der Waals surface area (Å²) in [5.74, 6) is 0.504. The van der Waals surface area contributed by atoms with Crippen LogP contribution >= 0.6 is 0 Å². The van der Waals surface area contributed by atoms with E-state index in [9.17, 15) is 4.79 Å². The molecule has 18 heavy (non-hydrogen) atoms. The number of amides is 1. The predicted molar refractivity (Wildman–Crippen MR) is 73.0 cm³/mol. The van der Waals surface area contributed by atoms with Crippen LogP contribution in [-0.2, 0) is 0 Å². The topological polar surface area (TPSA) is 45.2 Å². The minimum Gasteiger partial charge on any atom is -0.372 e. The predicted octanol–water partition coefficient (Wildman–Crippen LogP) is 2.40. The van der Waals surface area contributed by atoms with Gasteiger partial charge in [0.1, 0.15) is 5.82 Å². The number of anilines is 2. The van der Waals surface area contributed by atoms with Gasteiger partial charge in [0.05, 0.1) is 5.56 Å². The SMILES string of the molecule is CNc1ncccc1C(=O)N(C)c1ccccc1. The van der Waals surface area contributed by atoms with E-state index >= 15 is 0 Å². The number of pyridine rings is 1. The Kier molecular flexibility index (Phi) is 3.57. The van der Waals surface area contributed by atoms with Crippen molar-refractivity contribution < 1.29 is 4.79 Å². The van der Waals surface area contributed by atoms with Crippen molar-refractivity contribution in [1.29, 1.82) is 0 Å². The number of nitrogens with one attached hydrogen (secondary N) is 1. The number of hydrogen-bond donors (Lipinski definition) is 1. The summed E-state index contributed by atoms with van der Waals surface area (Å²) in [6.45, 7) is 0. The molecule has 1 amide bonds. The van der Waals surface area contributed by atoms with Gasteiger partial charge in [-0.1, -0.05) is 18.2 Å². The molecule has 1 aromatic heterocycles. The molecule has 0 atom stereocenters. The van der Waals surface area contributed by atoms with Gasteiger partial charge in [-0.05, 0) is 24.3 Å². The van der Waals surface area contributed by atoms with Crippen molar-refractivity contribution in [3.63, 3.8) is 0 Å². The fourth-order valence-corrected chi connectivity index (χ4v) is 1.73. The van der Waals surface area contributed by atoms with Crippen molar-refractivity contribution in [1.82, 2.24) is 4.98 Å². The molecule has 1 N–H and O–H groups in total. The number of nitrogens with zero attached hydrogens (tertiary/aromatic N) is 2. The largest absolute Gasteiger partial charge is 0.372 e. The number of benzene rings is 1. The Labute approximate surface area is 106 Å². The molecule has 4 heteroatoms. The van der Waals surface area contributed by atoms with E-state index in [1.807, 2.05) is 30.3 Å². The summed E-state index contributed by atoms with van der Waals surface area (Å²) in [4.78, 5) is 18.1. The number of hydrogen-bond acceptors (Lipinski definition) is 3. The second-order valence-electron chi connectivity index (χ2n) is 3.85. The van der Waals surface area contributed by atoms with Crippen molar-refractivity contribution in [2.24, 2.45) is 0 Å². The zero-order chi connectivity index (χ0) is 13.0. The van der Waals surface area contributed by atoms with Crippen LogP contribution in [0.15, 0.2) is 48.7 Å². The lowest BCUT2D eigenvalue weighted by Crippen LogP contribution is -2.27. The van der Waals surface area contributed by atoms with Crippen LogP contribution in [0.2, 0.25) is 0 Å². The molecule has 1 aromatic carbocycles. The molecule has 92 valence electrons. The highest BCUT2D eigenvalue weighted by molar-refractivity contribution is 6.08. The molecule has 0 spiro atoms. The third-order valence-corrected chi connectivity index (χ3v) is 2.72.